The molecule has 0 aromatic heterocycles. The Morgan fingerprint density at radius 2 is 1.63 bits per heavy atom. The van der Waals surface area contributed by atoms with Crippen LogP contribution in [0.5, 0.6) is 0 Å². The molecule has 4 atom stereocenters. The molecule has 152 valence electrons. The normalized spacial score (nSPS) is 15.7. The highest BCUT2D eigenvalue weighted by Gasteiger charge is 2.29. The number of aliphatic hydroxyl groups is 1. The van der Waals surface area contributed by atoms with E-state index in [-0.39, 0.29) is 36.3 Å². The van der Waals surface area contributed by atoms with Gasteiger partial charge >= 0.3 is 0 Å². The number of aliphatic hydroxyl groups excluding tert-OH is 1. The SMILES string of the molecule is CCC(C)[C@@H](NC(=O)[C@H](C)CC(C)C)C(=O)N[C@@H](CO)Cc1ccccc1. The maximum absolute atomic E-state index is 12.8. The van der Waals surface area contributed by atoms with Gasteiger partial charge in [-0.15, -0.1) is 0 Å². The van der Waals surface area contributed by atoms with Crippen LogP contribution in [0.4, 0.5) is 0 Å². The number of rotatable bonds is 11. The Bertz CT molecular complexity index is 574. The summed E-state index contributed by atoms with van der Waals surface area (Å²) in [5.41, 5.74) is 1.05. The second kappa shape index (κ2) is 11.8. The number of carbonyl (C=O) groups is 2. The van der Waals surface area contributed by atoms with E-state index in [0.29, 0.717) is 12.3 Å². The first-order chi connectivity index (χ1) is 12.8. The van der Waals surface area contributed by atoms with Gasteiger partial charge in [-0.25, -0.2) is 0 Å². The summed E-state index contributed by atoms with van der Waals surface area (Å²) in [6.07, 6.45) is 2.11. The highest BCUT2D eigenvalue weighted by atomic mass is 16.3. The van der Waals surface area contributed by atoms with Gasteiger partial charge < -0.3 is 15.7 Å². The van der Waals surface area contributed by atoms with Crippen molar-refractivity contribution in [3.05, 3.63) is 35.9 Å². The fraction of sp³-hybridized carbons (Fsp3) is 0.636. The van der Waals surface area contributed by atoms with E-state index in [1.54, 1.807) is 0 Å². The average Bonchev–Trinajstić information content (AvgIpc) is 2.64. The van der Waals surface area contributed by atoms with Crippen molar-refractivity contribution in [3.8, 4) is 0 Å². The quantitative estimate of drug-likeness (QED) is 0.556. The predicted molar refractivity (Wildman–Crippen MR) is 109 cm³/mol. The first-order valence-electron chi connectivity index (χ1n) is 10.0. The van der Waals surface area contributed by atoms with Gasteiger partial charge in [0.2, 0.25) is 11.8 Å². The van der Waals surface area contributed by atoms with Gasteiger partial charge in [-0.3, -0.25) is 9.59 Å². The minimum atomic E-state index is -0.595. The van der Waals surface area contributed by atoms with Gasteiger partial charge in [0.05, 0.1) is 12.6 Å². The molecular weight excluding hydrogens is 340 g/mol. The zero-order valence-electron chi connectivity index (χ0n) is 17.4. The second-order valence-electron chi connectivity index (χ2n) is 7.98. The van der Waals surface area contributed by atoms with Gasteiger partial charge in [-0.05, 0) is 30.2 Å². The zero-order chi connectivity index (χ0) is 20.4. The van der Waals surface area contributed by atoms with Crippen molar-refractivity contribution in [2.45, 2.75) is 66.0 Å². The molecule has 0 aliphatic rings. The van der Waals surface area contributed by atoms with Crippen molar-refractivity contribution in [1.29, 1.82) is 0 Å². The van der Waals surface area contributed by atoms with Crippen LogP contribution in [-0.2, 0) is 16.0 Å². The maximum Gasteiger partial charge on any atom is 0.243 e. The van der Waals surface area contributed by atoms with Crippen LogP contribution in [0.3, 0.4) is 0 Å². The minimum Gasteiger partial charge on any atom is -0.394 e. The van der Waals surface area contributed by atoms with Crippen molar-refractivity contribution in [1.82, 2.24) is 10.6 Å². The Kier molecular flexibility index (Phi) is 10.1. The van der Waals surface area contributed by atoms with Crippen LogP contribution >= 0.6 is 0 Å². The van der Waals surface area contributed by atoms with Crippen LogP contribution in [-0.4, -0.2) is 35.6 Å². The lowest BCUT2D eigenvalue weighted by Gasteiger charge is -2.27. The van der Waals surface area contributed by atoms with Crippen molar-refractivity contribution in [2.24, 2.45) is 17.8 Å². The zero-order valence-corrected chi connectivity index (χ0v) is 17.4. The Balaban J connectivity index is 2.77. The Morgan fingerprint density at radius 1 is 1.00 bits per heavy atom. The average molecular weight is 377 g/mol. The molecule has 0 heterocycles. The molecule has 1 aromatic rings. The van der Waals surface area contributed by atoms with Crippen LogP contribution in [0, 0.1) is 17.8 Å². The smallest absolute Gasteiger partial charge is 0.243 e. The highest BCUT2D eigenvalue weighted by molar-refractivity contribution is 5.88. The number of nitrogens with one attached hydrogen (secondary N) is 2. The van der Waals surface area contributed by atoms with Crippen LogP contribution < -0.4 is 10.6 Å². The summed E-state index contributed by atoms with van der Waals surface area (Å²) in [4.78, 5) is 25.4. The summed E-state index contributed by atoms with van der Waals surface area (Å²) in [7, 11) is 0. The maximum atomic E-state index is 12.8. The molecule has 3 N–H and O–H groups in total. The molecule has 5 heteroatoms. The van der Waals surface area contributed by atoms with Crippen LogP contribution in [0.25, 0.3) is 0 Å². The van der Waals surface area contributed by atoms with Crippen LogP contribution in [0.2, 0.25) is 0 Å². The van der Waals surface area contributed by atoms with E-state index in [9.17, 15) is 14.7 Å². The van der Waals surface area contributed by atoms with E-state index in [1.807, 2.05) is 51.1 Å². The van der Waals surface area contributed by atoms with Gasteiger partial charge in [0.1, 0.15) is 6.04 Å². The molecule has 0 radical (unpaired) electrons. The molecule has 0 saturated carbocycles. The summed E-state index contributed by atoms with van der Waals surface area (Å²) in [6.45, 7) is 9.87. The van der Waals surface area contributed by atoms with Crippen LogP contribution in [0.15, 0.2) is 30.3 Å². The third-order valence-electron chi connectivity index (χ3n) is 4.96. The largest absolute Gasteiger partial charge is 0.394 e. The van der Waals surface area contributed by atoms with Gasteiger partial charge in [0, 0.05) is 5.92 Å². The first-order valence-corrected chi connectivity index (χ1v) is 10.0. The van der Waals surface area contributed by atoms with Crippen LogP contribution in [0.1, 0.15) is 53.0 Å². The van der Waals surface area contributed by atoms with E-state index in [2.05, 4.69) is 24.5 Å². The lowest BCUT2D eigenvalue weighted by atomic mass is 9.94. The third-order valence-corrected chi connectivity index (χ3v) is 4.96. The standard InChI is InChI=1S/C22H36N2O3/c1-6-16(4)20(24-21(26)17(5)12-15(2)3)22(27)23-19(14-25)13-18-10-8-7-9-11-18/h7-11,15-17,19-20,25H,6,12-14H2,1-5H3,(H,23,27)(H,24,26)/t16?,17-,19-,20-/m1/s1. The van der Waals surface area contributed by atoms with E-state index in [0.717, 1.165) is 18.4 Å². The molecule has 0 fully saturated rings. The van der Waals surface area contributed by atoms with E-state index >= 15 is 0 Å². The van der Waals surface area contributed by atoms with E-state index in [4.69, 9.17) is 0 Å². The number of amides is 2. The summed E-state index contributed by atoms with van der Waals surface area (Å²) in [5, 5.41) is 15.5. The minimum absolute atomic E-state index is 0.0104. The van der Waals surface area contributed by atoms with Gasteiger partial charge in [-0.1, -0.05) is 71.4 Å². The number of hydrogen-bond acceptors (Lipinski definition) is 3. The second-order valence-corrected chi connectivity index (χ2v) is 7.98. The summed E-state index contributed by atoms with van der Waals surface area (Å²) >= 11 is 0. The molecule has 0 aliphatic carbocycles. The highest BCUT2D eigenvalue weighted by Crippen LogP contribution is 2.14. The van der Waals surface area contributed by atoms with E-state index in [1.165, 1.54) is 0 Å². The molecule has 0 spiro atoms. The summed E-state index contributed by atoms with van der Waals surface area (Å²) in [6, 6.07) is 8.77. The third kappa shape index (κ3) is 8.12. The molecule has 5 nitrogen and oxygen atoms in total. The molecule has 0 saturated heterocycles. The predicted octanol–water partition coefficient (Wildman–Crippen LogP) is 2.92. The number of benzene rings is 1. The monoisotopic (exact) mass is 376 g/mol. The molecule has 2 amide bonds. The van der Waals surface area contributed by atoms with Gasteiger partial charge in [0.25, 0.3) is 0 Å². The van der Waals surface area contributed by atoms with Gasteiger partial charge in [-0.2, -0.15) is 0 Å². The summed E-state index contributed by atoms with van der Waals surface area (Å²) in [5.74, 6) is -0.0259. The van der Waals surface area contributed by atoms with Crippen molar-refractivity contribution in [2.75, 3.05) is 6.61 Å². The Hall–Kier alpha value is -1.88. The molecule has 1 rings (SSSR count). The lowest BCUT2D eigenvalue weighted by Crippen LogP contribution is -2.54. The fourth-order valence-corrected chi connectivity index (χ4v) is 3.16. The topological polar surface area (TPSA) is 78.4 Å². The van der Waals surface area contributed by atoms with Gasteiger partial charge in [0.15, 0.2) is 0 Å². The molecule has 27 heavy (non-hydrogen) atoms. The Labute approximate surface area is 163 Å². The van der Waals surface area contributed by atoms with E-state index < -0.39 is 6.04 Å². The van der Waals surface area contributed by atoms with Crippen molar-refractivity contribution in [3.63, 3.8) is 0 Å². The number of carbonyl (C=O) groups excluding carboxylic acids is 2. The first kappa shape index (κ1) is 23.2. The fourth-order valence-electron chi connectivity index (χ4n) is 3.16. The Morgan fingerprint density at radius 3 is 2.15 bits per heavy atom. The molecule has 0 bridgehead atoms. The summed E-state index contributed by atoms with van der Waals surface area (Å²) < 4.78 is 0. The van der Waals surface area contributed by atoms with Crippen molar-refractivity contribution >= 4 is 11.8 Å². The number of hydrogen-bond donors (Lipinski definition) is 3. The van der Waals surface area contributed by atoms with Crippen molar-refractivity contribution < 1.29 is 14.7 Å². The molecular formula is C22H36N2O3. The molecule has 0 aliphatic heterocycles. The molecule has 1 aromatic carbocycles. The molecule has 1 unspecified atom stereocenters. The lowest BCUT2D eigenvalue weighted by molar-refractivity contribution is -0.132.